The van der Waals surface area contributed by atoms with E-state index in [1.807, 2.05) is 0 Å². The molecule has 0 spiro atoms. The molecule has 1 aromatic carbocycles. The van der Waals surface area contributed by atoms with Crippen LogP contribution in [0.25, 0.3) is 0 Å². The van der Waals surface area contributed by atoms with Gasteiger partial charge < -0.3 is 10.8 Å². The molecule has 2 atom stereocenters. The molecule has 3 N–H and O–H groups in total. The molecular formula is C10H13NO2. The summed E-state index contributed by atoms with van der Waals surface area (Å²) in [6, 6.07) is 5.33. The first-order valence-electron chi connectivity index (χ1n) is 4.57. The summed E-state index contributed by atoms with van der Waals surface area (Å²) in [5, 5.41) is 9.03. The minimum atomic E-state index is -0.806. The Morgan fingerprint density at radius 1 is 1.62 bits per heavy atom. The molecule has 0 heterocycles. The van der Waals surface area contributed by atoms with E-state index in [0.717, 1.165) is 0 Å². The first kappa shape index (κ1) is 8.26. The summed E-state index contributed by atoms with van der Waals surface area (Å²) < 4.78 is 7.69. The van der Waals surface area contributed by atoms with Gasteiger partial charge in [-0.2, -0.15) is 0 Å². The first-order chi connectivity index (χ1) is 6.52. The molecule has 0 aliphatic rings. The normalized spacial score (nSPS) is 16.0. The second-order valence-electron chi connectivity index (χ2n) is 2.89. The predicted molar refractivity (Wildman–Crippen MR) is 50.5 cm³/mol. The Bertz CT molecular complexity index is 323. The maximum atomic E-state index is 10.9. The van der Waals surface area contributed by atoms with E-state index in [1.54, 1.807) is 12.1 Å². The van der Waals surface area contributed by atoms with Gasteiger partial charge in [-0.05, 0) is 31.0 Å². The van der Waals surface area contributed by atoms with E-state index in [9.17, 15) is 4.79 Å². The van der Waals surface area contributed by atoms with Crippen LogP contribution in [0.5, 0.6) is 5.75 Å². The van der Waals surface area contributed by atoms with Crippen molar-refractivity contribution in [2.75, 3.05) is 0 Å². The minimum Gasteiger partial charge on any atom is -0.508 e. The lowest BCUT2D eigenvalue weighted by Gasteiger charge is -2.07. The van der Waals surface area contributed by atoms with Crippen LogP contribution in [0.3, 0.4) is 0 Å². The van der Waals surface area contributed by atoms with Crippen LogP contribution in [0, 0.1) is 0 Å². The smallest absolute Gasteiger partial charge is 0.146 e. The van der Waals surface area contributed by atoms with Gasteiger partial charge in [0.25, 0.3) is 0 Å². The number of Topliss-reactive ketones (excluding diaryl/α,β-unsaturated/α-hetero) is 1. The Kier molecular flexibility index (Phi) is 2.57. The average Bonchev–Trinajstić information content (AvgIpc) is 2.16. The second kappa shape index (κ2) is 4.05. The number of hydrogen-bond donors (Lipinski definition) is 2. The molecule has 70 valence electrons. The van der Waals surface area contributed by atoms with Crippen molar-refractivity contribution >= 4 is 5.78 Å². The minimum absolute atomic E-state index is 0.136. The first-order valence-corrected chi connectivity index (χ1v) is 3.99. The van der Waals surface area contributed by atoms with E-state index in [1.165, 1.54) is 19.1 Å². The van der Waals surface area contributed by atoms with Crippen molar-refractivity contribution < 1.29 is 11.3 Å². The van der Waals surface area contributed by atoms with Crippen molar-refractivity contribution in [3.63, 3.8) is 0 Å². The average molecular weight is 180 g/mol. The lowest BCUT2D eigenvalue weighted by atomic mass is 10.0. The molecule has 0 bridgehead atoms. The van der Waals surface area contributed by atoms with Gasteiger partial charge in [0.2, 0.25) is 0 Å². The Hall–Kier alpha value is -1.35. The maximum Gasteiger partial charge on any atom is 0.146 e. The van der Waals surface area contributed by atoms with Crippen LogP contribution in [0.1, 0.15) is 13.9 Å². The molecule has 0 radical (unpaired) electrons. The SMILES string of the molecule is [2H]C(c1ccc(O)cc1)[C@H](N)C(C)=O. The Labute approximate surface area is 78.6 Å². The topological polar surface area (TPSA) is 63.3 Å². The highest BCUT2D eigenvalue weighted by atomic mass is 16.3. The second-order valence-corrected chi connectivity index (χ2v) is 2.89. The van der Waals surface area contributed by atoms with Crippen LogP contribution in [0.15, 0.2) is 24.3 Å². The number of benzene rings is 1. The quantitative estimate of drug-likeness (QED) is 0.724. The molecule has 3 nitrogen and oxygen atoms in total. The van der Waals surface area contributed by atoms with Crippen molar-refractivity contribution in [3.8, 4) is 5.75 Å². The van der Waals surface area contributed by atoms with Gasteiger partial charge in [0.15, 0.2) is 0 Å². The van der Waals surface area contributed by atoms with E-state index < -0.39 is 12.4 Å². The monoisotopic (exact) mass is 180 g/mol. The summed E-state index contributed by atoms with van der Waals surface area (Å²) in [5.74, 6) is -0.0737. The number of carbonyl (C=O) groups is 1. The summed E-state index contributed by atoms with van der Waals surface area (Å²) in [4.78, 5) is 10.9. The van der Waals surface area contributed by atoms with Crippen LogP contribution in [-0.2, 0) is 11.2 Å². The van der Waals surface area contributed by atoms with Crippen LogP contribution in [-0.4, -0.2) is 16.9 Å². The molecule has 0 saturated heterocycles. The molecule has 13 heavy (non-hydrogen) atoms. The van der Waals surface area contributed by atoms with Crippen LogP contribution in [0.2, 0.25) is 0 Å². The number of carbonyl (C=O) groups excluding carboxylic acids is 1. The molecule has 0 amide bonds. The van der Waals surface area contributed by atoms with E-state index in [2.05, 4.69) is 0 Å². The summed E-state index contributed by atoms with van der Waals surface area (Å²) >= 11 is 0. The molecule has 0 fully saturated rings. The zero-order valence-electron chi connectivity index (χ0n) is 8.40. The largest absolute Gasteiger partial charge is 0.508 e. The number of nitrogens with two attached hydrogens (primary N) is 1. The highest BCUT2D eigenvalue weighted by Gasteiger charge is 2.08. The molecule has 1 rings (SSSR count). The van der Waals surface area contributed by atoms with E-state index in [0.29, 0.717) is 5.56 Å². The van der Waals surface area contributed by atoms with Gasteiger partial charge in [-0.3, -0.25) is 4.79 Å². The van der Waals surface area contributed by atoms with Gasteiger partial charge >= 0.3 is 0 Å². The van der Waals surface area contributed by atoms with Gasteiger partial charge in [-0.15, -0.1) is 0 Å². The van der Waals surface area contributed by atoms with Crippen molar-refractivity contribution in [2.45, 2.75) is 19.4 Å². The van der Waals surface area contributed by atoms with E-state index in [-0.39, 0.29) is 11.5 Å². The molecule has 0 saturated carbocycles. The fourth-order valence-electron chi connectivity index (χ4n) is 0.910. The molecule has 0 aliphatic carbocycles. The zero-order chi connectivity index (χ0) is 10.7. The highest BCUT2D eigenvalue weighted by molar-refractivity contribution is 5.81. The standard InChI is InChI=1S/C10H13NO2/c1-7(12)10(11)6-8-2-4-9(13)5-3-8/h2-5,10,13H,6,11H2,1H3/t10-/m0/s1/i6D/t6?,10-. The van der Waals surface area contributed by atoms with Gasteiger partial charge in [-0.1, -0.05) is 12.1 Å². The van der Waals surface area contributed by atoms with Gasteiger partial charge in [0.1, 0.15) is 11.5 Å². The van der Waals surface area contributed by atoms with Gasteiger partial charge in [0.05, 0.1) is 6.04 Å². The molecule has 3 heteroatoms. The van der Waals surface area contributed by atoms with Gasteiger partial charge in [0, 0.05) is 1.37 Å². The number of aromatic hydroxyl groups is 1. The van der Waals surface area contributed by atoms with E-state index >= 15 is 0 Å². The maximum absolute atomic E-state index is 10.9. The van der Waals surface area contributed by atoms with Crippen molar-refractivity contribution in [3.05, 3.63) is 29.8 Å². The number of rotatable bonds is 3. The van der Waals surface area contributed by atoms with Crippen molar-refractivity contribution in [2.24, 2.45) is 5.73 Å². The molecule has 1 unspecified atom stereocenters. The number of ketones is 1. The lowest BCUT2D eigenvalue weighted by Crippen LogP contribution is -2.30. The fraction of sp³-hybridized carbons (Fsp3) is 0.300. The Morgan fingerprint density at radius 3 is 2.62 bits per heavy atom. The lowest BCUT2D eigenvalue weighted by molar-refractivity contribution is -0.118. The summed E-state index contributed by atoms with van der Waals surface area (Å²) in [6.07, 6.45) is -0.770. The van der Waals surface area contributed by atoms with Gasteiger partial charge in [-0.25, -0.2) is 0 Å². The van der Waals surface area contributed by atoms with E-state index in [4.69, 9.17) is 12.2 Å². The molecule has 0 aliphatic heterocycles. The predicted octanol–water partition coefficient (Wildman–Crippen LogP) is 0.851. The third-order valence-corrected chi connectivity index (χ3v) is 1.73. The number of phenolic OH excluding ortho intramolecular Hbond substituents is 1. The number of phenols is 1. The molecule has 0 aromatic heterocycles. The molecule has 1 aromatic rings. The Morgan fingerprint density at radius 2 is 2.15 bits per heavy atom. The molecular weight excluding hydrogens is 166 g/mol. The highest BCUT2D eigenvalue weighted by Crippen LogP contribution is 2.10. The van der Waals surface area contributed by atoms with Crippen LogP contribution < -0.4 is 5.73 Å². The number of hydrogen-bond acceptors (Lipinski definition) is 3. The summed E-state index contributed by atoms with van der Waals surface area (Å²) in [5.41, 5.74) is 6.16. The fourth-order valence-corrected chi connectivity index (χ4v) is 0.910. The van der Waals surface area contributed by atoms with Crippen molar-refractivity contribution in [1.29, 1.82) is 0 Å². The third kappa shape index (κ3) is 2.87. The third-order valence-electron chi connectivity index (χ3n) is 1.73. The zero-order valence-corrected chi connectivity index (χ0v) is 7.40. The summed E-state index contributed by atoms with van der Waals surface area (Å²) in [7, 11) is 0. The van der Waals surface area contributed by atoms with Crippen LogP contribution >= 0.6 is 0 Å². The van der Waals surface area contributed by atoms with Crippen molar-refractivity contribution in [1.82, 2.24) is 0 Å². The van der Waals surface area contributed by atoms with Crippen LogP contribution in [0.4, 0.5) is 0 Å². The summed E-state index contributed by atoms with van der Waals surface area (Å²) in [6.45, 7) is 1.37. The Balaban J connectivity index is 2.84.